The second-order valence-electron chi connectivity index (χ2n) is 10.7. The van der Waals surface area contributed by atoms with Crippen molar-refractivity contribution in [2.24, 2.45) is 29.1 Å². The largest absolute Gasteiger partial charge is 0.455 e. The first-order valence-corrected chi connectivity index (χ1v) is 11.0. The van der Waals surface area contributed by atoms with Gasteiger partial charge in [-0.2, -0.15) is 0 Å². The van der Waals surface area contributed by atoms with Crippen molar-refractivity contribution < 1.29 is 24.5 Å². The van der Waals surface area contributed by atoms with Gasteiger partial charge in [-0.05, 0) is 45.6 Å². The van der Waals surface area contributed by atoms with Gasteiger partial charge < -0.3 is 14.9 Å². The van der Waals surface area contributed by atoms with E-state index in [0.717, 1.165) is 5.57 Å². The van der Waals surface area contributed by atoms with Crippen LogP contribution in [0.2, 0.25) is 0 Å². The summed E-state index contributed by atoms with van der Waals surface area (Å²) in [6.07, 6.45) is 6.28. The number of carbonyl (C=O) groups excluding carboxylic acids is 2. The van der Waals surface area contributed by atoms with Gasteiger partial charge in [-0.3, -0.25) is 4.79 Å². The zero-order valence-corrected chi connectivity index (χ0v) is 19.1. The molecule has 0 saturated heterocycles. The molecule has 30 heavy (non-hydrogen) atoms. The van der Waals surface area contributed by atoms with Gasteiger partial charge in [0.1, 0.15) is 11.2 Å². The molecule has 2 N–H and O–H groups in total. The molecule has 0 heterocycles. The van der Waals surface area contributed by atoms with Crippen LogP contribution in [0, 0.1) is 29.1 Å². The number of hydrogen-bond donors (Lipinski definition) is 2. The number of Topliss-reactive ketones (excluding diaryl/α,β-unsaturated/α-hetero) is 1. The number of ether oxygens (including phenoxy) is 1. The summed E-state index contributed by atoms with van der Waals surface area (Å²) in [6, 6.07) is 0. The van der Waals surface area contributed by atoms with Crippen LogP contribution in [0.3, 0.4) is 0 Å². The van der Waals surface area contributed by atoms with E-state index in [1.807, 2.05) is 26.8 Å². The van der Waals surface area contributed by atoms with Crippen LogP contribution < -0.4 is 0 Å². The van der Waals surface area contributed by atoms with Gasteiger partial charge in [-0.1, -0.05) is 44.6 Å². The maximum Gasteiger partial charge on any atom is 0.333 e. The molecular formula is C25H34O5. The lowest BCUT2D eigenvalue weighted by Gasteiger charge is -2.50. The van der Waals surface area contributed by atoms with Gasteiger partial charge >= 0.3 is 5.97 Å². The van der Waals surface area contributed by atoms with Gasteiger partial charge in [-0.15, -0.1) is 0 Å². The molecule has 0 aromatic carbocycles. The Hall–Kier alpha value is -1.72. The van der Waals surface area contributed by atoms with Crippen molar-refractivity contribution in [1.82, 2.24) is 0 Å². The fourth-order valence-corrected chi connectivity index (χ4v) is 6.98. The summed E-state index contributed by atoms with van der Waals surface area (Å²) in [6.45, 7) is 13.3. The number of rotatable bonds is 2. The van der Waals surface area contributed by atoms with E-state index in [9.17, 15) is 19.8 Å². The van der Waals surface area contributed by atoms with Gasteiger partial charge in [0, 0.05) is 35.2 Å². The maximum atomic E-state index is 12.9. The minimum Gasteiger partial charge on any atom is -0.455 e. The first kappa shape index (κ1) is 21.5. The van der Waals surface area contributed by atoms with Gasteiger partial charge in [-0.25, -0.2) is 4.79 Å². The molecule has 5 heteroatoms. The second kappa shape index (κ2) is 6.17. The number of hydrogen-bond acceptors (Lipinski definition) is 5. The van der Waals surface area contributed by atoms with Gasteiger partial charge in [0.25, 0.3) is 0 Å². The van der Waals surface area contributed by atoms with Crippen LogP contribution in [0.25, 0.3) is 0 Å². The van der Waals surface area contributed by atoms with E-state index in [-0.39, 0.29) is 41.3 Å². The second-order valence-corrected chi connectivity index (χ2v) is 10.7. The van der Waals surface area contributed by atoms with Crippen molar-refractivity contribution in [2.45, 2.75) is 78.1 Å². The average Bonchev–Trinajstić information content (AvgIpc) is 3.06. The van der Waals surface area contributed by atoms with Crippen molar-refractivity contribution in [3.8, 4) is 0 Å². The molecule has 164 valence electrons. The van der Waals surface area contributed by atoms with E-state index < -0.39 is 22.7 Å². The maximum absolute atomic E-state index is 12.9. The van der Waals surface area contributed by atoms with Crippen LogP contribution in [-0.2, 0) is 14.3 Å². The third-order valence-corrected chi connectivity index (χ3v) is 8.80. The lowest BCUT2D eigenvalue weighted by molar-refractivity contribution is -0.185. The molecule has 0 aromatic rings. The van der Waals surface area contributed by atoms with Crippen LogP contribution in [0.4, 0.5) is 0 Å². The molecule has 4 aliphatic carbocycles. The molecule has 4 rings (SSSR count). The van der Waals surface area contributed by atoms with Gasteiger partial charge in [0.05, 0.1) is 5.60 Å². The van der Waals surface area contributed by atoms with E-state index in [2.05, 4.69) is 13.8 Å². The van der Waals surface area contributed by atoms with Crippen LogP contribution >= 0.6 is 0 Å². The monoisotopic (exact) mass is 414 g/mol. The summed E-state index contributed by atoms with van der Waals surface area (Å²) in [5, 5.41) is 23.7. The van der Waals surface area contributed by atoms with Crippen molar-refractivity contribution in [2.75, 3.05) is 0 Å². The van der Waals surface area contributed by atoms with E-state index in [1.165, 1.54) is 0 Å². The SMILES string of the molecule is CC=C(C)C(=O)OC12CC(C)C3(O)C(C=C(C)CC4(O)C(=O)C(C)=CC43)C1C2(C)C. The third kappa shape index (κ3) is 2.36. The van der Waals surface area contributed by atoms with Crippen molar-refractivity contribution in [3.05, 3.63) is 34.9 Å². The molecule has 0 aliphatic heterocycles. The molecule has 0 aromatic heterocycles. The lowest BCUT2D eigenvalue weighted by atomic mass is 9.60. The first-order chi connectivity index (χ1) is 13.8. The normalized spacial score (nSPS) is 46.7. The van der Waals surface area contributed by atoms with Crippen LogP contribution in [-0.4, -0.2) is 38.8 Å². The van der Waals surface area contributed by atoms with E-state index in [1.54, 1.807) is 26.0 Å². The van der Waals surface area contributed by atoms with Gasteiger partial charge in [0.2, 0.25) is 0 Å². The third-order valence-electron chi connectivity index (χ3n) is 8.80. The Morgan fingerprint density at radius 3 is 2.47 bits per heavy atom. The average molecular weight is 415 g/mol. The summed E-state index contributed by atoms with van der Waals surface area (Å²) < 4.78 is 6.15. The number of esters is 1. The van der Waals surface area contributed by atoms with Crippen molar-refractivity contribution in [1.29, 1.82) is 0 Å². The Labute approximate surface area is 178 Å². The number of fused-ring (bicyclic) bond motifs is 5. The molecule has 0 spiro atoms. The summed E-state index contributed by atoms with van der Waals surface area (Å²) in [5.74, 6) is -1.95. The highest BCUT2D eigenvalue weighted by Gasteiger charge is 2.83. The summed E-state index contributed by atoms with van der Waals surface area (Å²) in [4.78, 5) is 25.6. The molecule has 2 fully saturated rings. The molecule has 7 atom stereocenters. The van der Waals surface area contributed by atoms with E-state index in [0.29, 0.717) is 17.6 Å². The highest BCUT2D eigenvalue weighted by atomic mass is 16.6. The topological polar surface area (TPSA) is 83.8 Å². The summed E-state index contributed by atoms with van der Waals surface area (Å²) in [7, 11) is 0. The standard InChI is InChI=1S/C25H34O5/c1-8-14(3)21(27)30-24-12-16(5)25(29)17(19(24)22(24,6)7)9-13(2)11-23(28)18(25)10-15(4)20(23)26/h8-10,16-19,28-29H,11-12H2,1-7H3. The van der Waals surface area contributed by atoms with E-state index >= 15 is 0 Å². The summed E-state index contributed by atoms with van der Waals surface area (Å²) in [5.41, 5.74) is -1.91. The molecule has 0 radical (unpaired) electrons. The minimum absolute atomic E-state index is 0.0819. The molecule has 4 aliphatic rings. The van der Waals surface area contributed by atoms with Gasteiger partial charge in [0.15, 0.2) is 5.78 Å². The number of aliphatic hydroxyl groups is 2. The highest BCUT2D eigenvalue weighted by Crippen LogP contribution is 2.76. The predicted molar refractivity (Wildman–Crippen MR) is 113 cm³/mol. The number of ketones is 1. The molecule has 0 bridgehead atoms. The van der Waals surface area contributed by atoms with Crippen LogP contribution in [0.1, 0.15) is 61.3 Å². The summed E-state index contributed by atoms with van der Waals surface area (Å²) >= 11 is 0. The Kier molecular flexibility index (Phi) is 4.42. The minimum atomic E-state index is -1.61. The highest BCUT2D eigenvalue weighted by molar-refractivity contribution is 6.04. The molecule has 0 amide bonds. The Bertz CT molecular complexity index is 924. The zero-order valence-electron chi connectivity index (χ0n) is 19.1. The molecule has 7 unspecified atom stereocenters. The smallest absolute Gasteiger partial charge is 0.333 e. The predicted octanol–water partition coefficient (Wildman–Crippen LogP) is 3.50. The fraction of sp³-hybridized carbons (Fsp3) is 0.680. The zero-order chi connectivity index (χ0) is 22.4. The van der Waals surface area contributed by atoms with Crippen molar-refractivity contribution in [3.63, 3.8) is 0 Å². The first-order valence-electron chi connectivity index (χ1n) is 11.0. The number of allylic oxidation sites excluding steroid dienone is 1. The Balaban J connectivity index is 1.83. The molecule has 5 nitrogen and oxygen atoms in total. The Morgan fingerprint density at radius 1 is 1.23 bits per heavy atom. The number of carbonyl (C=O) groups is 2. The lowest BCUT2D eigenvalue weighted by Crippen LogP contribution is -2.61. The fourth-order valence-electron chi connectivity index (χ4n) is 6.98. The van der Waals surface area contributed by atoms with Crippen LogP contribution in [0.5, 0.6) is 0 Å². The molecular weight excluding hydrogens is 380 g/mol. The van der Waals surface area contributed by atoms with Crippen LogP contribution in [0.15, 0.2) is 34.9 Å². The van der Waals surface area contributed by atoms with Crippen molar-refractivity contribution >= 4 is 11.8 Å². The van der Waals surface area contributed by atoms with E-state index in [4.69, 9.17) is 4.74 Å². The molecule has 2 saturated carbocycles. The Morgan fingerprint density at radius 2 is 1.87 bits per heavy atom. The quantitative estimate of drug-likeness (QED) is 0.410.